The fourth-order valence-corrected chi connectivity index (χ4v) is 1.56. The molecule has 0 spiro atoms. The monoisotopic (exact) mass is 223 g/mol. The zero-order chi connectivity index (χ0) is 11.7. The van der Waals surface area contributed by atoms with Crippen molar-refractivity contribution in [3.63, 3.8) is 0 Å². The summed E-state index contributed by atoms with van der Waals surface area (Å²) in [5.74, 6) is -1.03. The van der Waals surface area contributed by atoms with Gasteiger partial charge in [0.05, 0.1) is 18.4 Å². The summed E-state index contributed by atoms with van der Waals surface area (Å²) < 4.78 is 27.6. The predicted molar refractivity (Wildman–Crippen MR) is 56.5 cm³/mol. The Morgan fingerprint density at radius 2 is 2.06 bits per heavy atom. The van der Waals surface area contributed by atoms with E-state index in [1.165, 1.54) is 6.07 Å². The molecular formula is C11H11F2N3. The van der Waals surface area contributed by atoms with E-state index in [1.807, 2.05) is 0 Å². The first kappa shape index (κ1) is 10.8. The first-order valence-corrected chi connectivity index (χ1v) is 4.79. The van der Waals surface area contributed by atoms with Crippen LogP contribution in [-0.4, -0.2) is 9.55 Å². The van der Waals surface area contributed by atoms with Gasteiger partial charge in [-0.3, -0.25) is 0 Å². The molecule has 5 heteroatoms. The molecule has 0 saturated carbocycles. The number of rotatable bonds is 2. The summed E-state index contributed by atoms with van der Waals surface area (Å²) in [5, 5.41) is 0. The van der Waals surface area contributed by atoms with Crippen molar-refractivity contribution in [2.75, 3.05) is 0 Å². The standard InChI is InChI=1S/C11H11F2N3/c1-16-10(6-15-11(16)5-14)7-2-3-8(12)9(13)4-7/h2-4,6H,5,14H2,1H3. The molecule has 0 unspecified atom stereocenters. The lowest BCUT2D eigenvalue weighted by molar-refractivity contribution is 0.509. The maximum Gasteiger partial charge on any atom is 0.159 e. The molecule has 0 amide bonds. The van der Waals surface area contributed by atoms with E-state index in [1.54, 1.807) is 17.8 Å². The van der Waals surface area contributed by atoms with Gasteiger partial charge in [-0.1, -0.05) is 0 Å². The highest BCUT2D eigenvalue weighted by Crippen LogP contribution is 2.21. The molecule has 0 bridgehead atoms. The van der Waals surface area contributed by atoms with E-state index in [2.05, 4.69) is 4.98 Å². The van der Waals surface area contributed by atoms with Crippen LogP contribution in [0.4, 0.5) is 8.78 Å². The van der Waals surface area contributed by atoms with Crippen molar-refractivity contribution in [1.29, 1.82) is 0 Å². The first-order valence-electron chi connectivity index (χ1n) is 4.79. The van der Waals surface area contributed by atoms with Gasteiger partial charge in [-0.2, -0.15) is 0 Å². The van der Waals surface area contributed by atoms with Crippen LogP contribution in [0.1, 0.15) is 5.82 Å². The average molecular weight is 223 g/mol. The van der Waals surface area contributed by atoms with Gasteiger partial charge in [0, 0.05) is 12.6 Å². The number of hydrogen-bond acceptors (Lipinski definition) is 2. The molecule has 0 aliphatic carbocycles. The Balaban J connectivity index is 2.50. The van der Waals surface area contributed by atoms with E-state index in [0.717, 1.165) is 12.1 Å². The molecule has 0 fully saturated rings. The van der Waals surface area contributed by atoms with Gasteiger partial charge in [-0.15, -0.1) is 0 Å². The summed E-state index contributed by atoms with van der Waals surface area (Å²) in [4.78, 5) is 4.08. The highest BCUT2D eigenvalue weighted by atomic mass is 19.2. The SMILES string of the molecule is Cn1c(-c2ccc(F)c(F)c2)cnc1CN. The fraction of sp³-hybridized carbons (Fsp3) is 0.182. The summed E-state index contributed by atoms with van der Waals surface area (Å²) in [7, 11) is 1.78. The van der Waals surface area contributed by atoms with Crippen LogP contribution in [-0.2, 0) is 13.6 Å². The summed E-state index contributed by atoms with van der Waals surface area (Å²) in [5.41, 5.74) is 6.76. The van der Waals surface area contributed by atoms with Gasteiger partial charge in [-0.25, -0.2) is 13.8 Å². The number of imidazole rings is 1. The molecule has 0 aliphatic rings. The van der Waals surface area contributed by atoms with Crippen LogP contribution in [0.25, 0.3) is 11.3 Å². The number of aromatic nitrogens is 2. The smallest absolute Gasteiger partial charge is 0.159 e. The lowest BCUT2D eigenvalue weighted by Crippen LogP contribution is -2.05. The Kier molecular flexibility index (Phi) is 2.70. The minimum Gasteiger partial charge on any atom is -0.330 e. The van der Waals surface area contributed by atoms with Gasteiger partial charge < -0.3 is 10.3 Å². The Hall–Kier alpha value is -1.75. The maximum atomic E-state index is 13.1. The molecule has 2 N–H and O–H groups in total. The van der Waals surface area contributed by atoms with Crippen molar-refractivity contribution >= 4 is 0 Å². The molecule has 2 rings (SSSR count). The third-order valence-corrected chi connectivity index (χ3v) is 2.48. The Morgan fingerprint density at radius 1 is 1.31 bits per heavy atom. The highest BCUT2D eigenvalue weighted by Gasteiger charge is 2.09. The van der Waals surface area contributed by atoms with Crippen molar-refractivity contribution in [1.82, 2.24) is 9.55 Å². The lowest BCUT2D eigenvalue weighted by Gasteiger charge is -2.05. The molecule has 0 saturated heterocycles. The van der Waals surface area contributed by atoms with Crippen LogP contribution < -0.4 is 5.73 Å². The van der Waals surface area contributed by atoms with E-state index in [9.17, 15) is 8.78 Å². The molecule has 0 atom stereocenters. The van der Waals surface area contributed by atoms with Crippen molar-refractivity contribution in [2.24, 2.45) is 12.8 Å². The summed E-state index contributed by atoms with van der Waals surface area (Å²) >= 11 is 0. The van der Waals surface area contributed by atoms with Crippen LogP contribution in [0.3, 0.4) is 0 Å². The Labute approximate surface area is 91.5 Å². The largest absolute Gasteiger partial charge is 0.330 e. The van der Waals surface area contributed by atoms with E-state index in [-0.39, 0.29) is 0 Å². The average Bonchev–Trinajstić information content (AvgIpc) is 2.64. The second-order valence-corrected chi connectivity index (χ2v) is 3.45. The van der Waals surface area contributed by atoms with Crippen LogP contribution in [0.2, 0.25) is 0 Å². The molecule has 1 aromatic carbocycles. The van der Waals surface area contributed by atoms with Gasteiger partial charge in [0.15, 0.2) is 11.6 Å². The minimum absolute atomic E-state index is 0.306. The Morgan fingerprint density at radius 3 is 2.62 bits per heavy atom. The topological polar surface area (TPSA) is 43.8 Å². The quantitative estimate of drug-likeness (QED) is 0.844. The lowest BCUT2D eigenvalue weighted by atomic mass is 10.1. The van der Waals surface area contributed by atoms with Crippen LogP contribution in [0, 0.1) is 11.6 Å². The normalized spacial score (nSPS) is 10.8. The van der Waals surface area contributed by atoms with Crippen molar-refractivity contribution in [3.8, 4) is 11.3 Å². The second kappa shape index (κ2) is 4.02. The molecule has 1 heterocycles. The van der Waals surface area contributed by atoms with Crippen LogP contribution in [0.5, 0.6) is 0 Å². The van der Waals surface area contributed by atoms with Gasteiger partial charge in [-0.05, 0) is 18.2 Å². The predicted octanol–water partition coefficient (Wildman–Crippen LogP) is 1.82. The van der Waals surface area contributed by atoms with Gasteiger partial charge in [0.2, 0.25) is 0 Å². The summed E-state index contributed by atoms with van der Waals surface area (Å²) in [6, 6.07) is 3.75. The number of nitrogens with zero attached hydrogens (tertiary/aromatic N) is 2. The molecule has 0 aliphatic heterocycles. The molecule has 0 radical (unpaired) electrons. The zero-order valence-electron chi connectivity index (χ0n) is 8.74. The minimum atomic E-state index is -0.868. The van der Waals surface area contributed by atoms with Gasteiger partial charge >= 0.3 is 0 Å². The summed E-state index contributed by atoms with van der Waals surface area (Å²) in [6.45, 7) is 0.306. The van der Waals surface area contributed by atoms with Crippen molar-refractivity contribution < 1.29 is 8.78 Å². The zero-order valence-corrected chi connectivity index (χ0v) is 8.74. The third-order valence-electron chi connectivity index (χ3n) is 2.48. The van der Waals surface area contributed by atoms with E-state index in [4.69, 9.17) is 5.73 Å². The van der Waals surface area contributed by atoms with Gasteiger partial charge in [0.1, 0.15) is 5.82 Å². The van der Waals surface area contributed by atoms with Crippen molar-refractivity contribution in [2.45, 2.75) is 6.54 Å². The molecular weight excluding hydrogens is 212 g/mol. The molecule has 1 aromatic heterocycles. The maximum absolute atomic E-state index is 13.1. The molecule has 16 heavy (non-hydrogen) atoms. The van der Waals surface area contributed by atoms with E-state index < -0.39 is 11.6 Å². The second-order valence-electron chi connectivity index (χ2n) is 3.45. The Bertz CT molecular complexity index is 520. The number of halogens is 2. The van der Waals surface area contributed by atoms with Crippen molar-refractivity contribution in [3.05, 3.63) is 41.9 Å². The molecule has 3 nitrogen and oxygen atoms in total. The molecule has 84 valence electrons. The van der Waals surface area contributed by atoms with E-state index in [0.29, 0.717) is 23.6 Å². The number of nitrogens with two attached hydrogens (primary N) is 1. The number of hydrogen-bond donors (Lipinski definition) is 1. The third kappa shape index (κ3) is 1.69. The fourth-order valence-electron chi connectivity index (χ4n) is 1.56. The van der Waals surface area contributed by atoms with Gasteiger partial charge in [0.25, 0.3) is 0 Å². The highest BCUT2D eigenvalue weighted by molar-refractivity contribution is 5.59. The first-order chi connectivity index (χ1) is 7.63. The van der Waals surface area contributed by atoms with E-state index >= 15 is 0 Å². The molecule has 2 aromatic rings. The number of benzene rings is 1. The van der Waals surface area contributed by atoms with Crippen LogP contribution in [0.15, 0.2) is 24.4 Å². The summed E-state index contributed by atoms with van der Waals surface area (Å²) in [6.07, 6.45) is 1.59. The van der Waals surface area contributed by atoms with Crippen LogP contribution >= 0.6 is 0 Å².